The largest absolute Gasteiger partial charge is 0.370 e. The number of carbonyl (C=O) groups excluding carboxylic acids is 1. The van der Waals surface area contributed by atoms with E-state index in [0.29, 0.717) is 35.0 Å². The Hall–Kier alpha value is -3.85. The van der Waals surface area contributed by atoms with Gasteiger partial charge in [-0.3, -0.25) is 4.79 Å². The Labute approximate surface area is 220 Å². The van der Waals surface area contributed by atoms with Gasteiger partial charge in [0.2, 0.25) is 5.91 Å². The van der Waals surface area contributed by atoms with Crippen LogP contribution in [0.15, 0.2) is 60.8 Å². The second kappa shape index (κ2) is 11.3. The van der Waals surface area contributed by atoms with E-state index in [9.17, 15) is 13.6 Å². The fourth-order valence-corrected chi connectivity index (χ4v) is 5.01. The second-order valence-electron chi connectivity index (χ2n) is 9.81. The molecule has 198 valence electrons. The molecule has 0 aliphatic carbocycles. The lowest BCUT2D eigenvalue weighted by molar-refractivity contribution is -0.121. The van der Waals surface area contributed by atoms with Crippen LogP contribution >= 0.6 is 0 Å². The Morgan fingerprint density at radius 2 is 1.95 bits per heavy atom. The average Bonchev–Trinajstić information content (AvgIpc) is 3.55. The van der Waals surface area contributed by atoms with Gasteiger partial charge >= 0.3 is 0 Å². The van der Waals surface area contributed by atoms with Crippen LogP contribution < -0.4 is 15.5 Å². The Balaban J connectivity index is 1.23. The number of anilines is 1. The minimum Gasteiger partial charge on any atom is -0.370 e. The number of nitrogens with zero attached hydrogens (tertiary/aromatic N) is 4. The molecule has 2 atom stereocenters. The third kappa shape index (κ3) is 5.67. The van der Waals surface area contributed by atoms with Crippen molar-refractivity contribution in [1.82, 2.24) is 25.2 Å². The number of nitrogens with one attached hydrogen (secondary N) is 2. The highest BCUT2D eigenvalue weighted by atomic mass is 19.2. The van der Waals surface area contributed by atoms with Crippen molar-refractivity contribution < 1.29 is 13.6 Å². The first-order valence-corrected chi connectivity index (χ1v) is 13.0. The van der Waals surface area contributed by atoms with E-state index in [-0.39, 0.29) is 24.9 Å². The van der Waals surface area contributed by atoms with E-state index < -0.39 is 11.6 Å². The minimum absolute atomic E-state index is 0.0858. The summed E-state index contributed by atoms with van der Waals surface area (Å²) in [5.41, 5.74) is 4.16. The maximum Gasteiger partial charge on any atom is 0.220 e. The number of rotatable bonds is 9. The van der Waals surface area contributed by atoms with E-state index >= 15 is 0 Å². The number of carbonyl (C=O) groups is 1. The first kappa shape index (κ1) is 25.8. The fourth-order valence-electron chi connectivity index (χ4n) is 5.01. The van der Waals surface area contributed by atoms with Crippen molar-refractivity contribution >= 4 is 22.8 Å². The van der Waals surface area contributed by atoms with E-state index in [4.69, 9.17) is 0 Å². The van der Waals surface area contributed by atoms with Crippen LogP contribution in [0.3, 0.4) is 0 Å². The zero-order valence-corrected chi connectivity index (χ0v) is 21.6. The topological polar surface area (TPSA) is 75.1 Å². The van der Waals surface area contributed by atoms with Crippen LogP contribution in [0.1, 0.15) is 42.8 Å². The molecule has 2 aromatic heterocycles. The lowest BCUT2D eigenvalue weighted by Crippen LogP contribution is -2.29. The Bertz CT molecular complexity index is 1420. The van der Waals surface area contributed by atoms with Gasteiger partial charge in [-0.05, 0) is 67.9 Å². The van der Waals surface area contributed by atoms with Gasteiger partial charge in [0.1, 0.15) is 11.3 Å². The van der Waals surface area contributed by atoms with Gasteiger partial charge in [-0.1, -0.05) is 18.2 Å². The first-order valence-electron chi connectivity index (χ1n) is 13.0. The molecule has 1 amide bonds. The van der Waals surface area contributed by atoms with Gasteiger partial charge in [0.15, 0.2) is 17.3 Å². The second-order valence-corrected chi connectivity index (χ2v) is 9.81. The maximum absolute atomic E-state index is 13.8. The molecule has 0 bridgehead atoms. The molecule has 1 saturated heterocycles. The summed E-state index contributed by atoms with van der Waals surface area (Å²) in [6.07, 6.45) is 3.43. The molecule has 1 aliphatic heterocycles. The number of aryl methyl sites for hydroxylation is 1. The molecule has 2 N–H and O–H groups in total. The highest BCUT2D eigenvalue weighted by molar-refractivity contribution is 5.77. The smallest absolute Gasteiger partial charge is 0.220 e. The van der Waals surface area contributed by atoms with Crippen molar-refractivity contribution in [3.05, 3.63) is 89.4 Å². The van der Waals surface area contributed by atoms with Crippen molar-refractivity contribution in [3.8, 4) is 0 Å². The molecule has 0 spiro atoms. The number of aromatic nitrogens is 3. The summed E-state index contributed by atoms with van der Waals surface area (Å²) in [5, 5.41) is 6.42. The highest BCUT2D eigenvalue weighted by Gasteiger charge is 2.21. The Kier molecular flexibility index (Phi) is 7.64. The molecule has 38 heavy (non-hydrogen) atoms. The van der Waals surface area contributed by atoms with Crippen LogP contribution in [0.4, 0.5) is 14.5 Å². The Morgan fingerprint density at radius 3 is 2.68 bits per heavy atom. The normalized spacial score (nSPS) is 16.2. The molecule has 0 radical (unpaired) electrons. The summed E-state index contributed by atoms with van der Waals surface area (Å²) >= 11 is 0. The number of imidazole rings is 1. The molecule has 4 aromatic rings. The van der Waals surface area contributed by atoms with Gasteiger partial charge in [-0.2, -0.15) is 0 Å². The summed E-state index contributed by atoms with van der Waals surface area (Å²) in [6.45, 7) is 4.28. The summed E-state index contributed by atoms with van der Waals surface area (Å²) < 4.78 is 29.1. The molecule has 1 fully saturated rings. The van der Waals surface area contributed by atoms with Gasteiger partial charge in [-0.25, -0.2) is 18.7 Å². The number of amides is 1. The number of fused-ring (bicyclic) bond motifs is 1. The number of benzene rings is 2. The quantitative estimate of drug-likeness (QED) is 0.344. The number of hydrogen-bond donors (Lipinski definition) is 2. The van der Waals surface area contributed by atoms with E-state index in [1.54, 1.807) is 18.3 Å². The SMILES string of the molecule is CNC1CCN(c2ccc([C@H](C)NC(=O)CCc3nc4cccnc4n3Cc3ccc(F)c(F)c3)cc2)C1. The van der Waals surface area contributed by atoms with Crippen molar-refractivity contribution in [2.24, 2.45) is 0 Å². The number of likely N-dealkylation sites (N-methyl/N-ethyl adjacent to an activating group) is 1. The zero-order chi connectivity index (χ0) is 26.6. The fraction of sp³-hybridized carbons (Fsp3) is 0.345. The highest BCUT2D eigenvalue weighted by Crippen LogP contribution is 2.23. The average molecular weight is 519 g/mol. The molecule has 0 saturated carbocycles. The van der Waals surface area contributed by atoms with E-state index in [0.717, 1.165) is 31.1 Å². The molecule has 1 unspecified atom stereocenters. The predicted octanol–water partition coefficient (Wildman–Crippen LogP) is 4.37. The molecule has 9 heteroatoms. The summed E-state index contributed by atoms with van der Waals surface area (Å²) in [5.74, 6) is -1.20. The number of hydrogen-bond acceptors (Lipinski definition) is 5. The number of halogens is 2. The summed E-state index contributed by atoms with van der Waals surface area (Å²) in [7, 11) is 2.00. The predicted molar refractivity (Wildman–Crippen MR) is 144 cm³/mol. The van der Waals surface area contributed by atoms with E-state index in [1.165, 1.54) is 11.8 Å². The van der Waals surface area contributed by atoms with Crippen molar-refractivity contribution in [1.29, 1.82) is 0 Å². The Morgan fingerprint density at radius 1 is 1.13 bits per heavy atom. The van der Waals surface area contributed by atoms with E-state index in [2.05, 4.69) is 49.8 Å². The van der Waals surface area contributed by atoms with Crippen LogP contribution in [-0.2, 0) is 17.8 Å². The third-order valence-electron chi connectivity index (χ3n) is 7.22. The first-order chi connectivity index (χ1) is 18.4. The molecule has 7 nitrogen and oxygen atoms in total. The van der Waals surface area contributed by atoms with Crippen LogP contribution in [0.2, 0.25) is 0 Å². The van der Waals surface area contributed by atoms with Crippen LogP contribution in [0.5, 0.6) is 0 Å². The van der Waals surface area contributed by atoms with Gasteiger partial charge < -0.3 is 20.1 Å². The van der Waals surface area contributed by atoms with Gasteiger partial charge in [-0.15, -0.1) is 0 Å². The summed E-state index contributed by atoms with van der Waals surface area (Å²) in [4.78, 5) is 24.3. The van der Waals surface area contributed by atoms with Crippen molar-refractivity contribution in [2.75, 3.05) is 25.0 Å². The van der Waals surface area contributed by atoms with Crippen LogP contribution in [0, 0.1) is 11.6 Å². The molecule has 3 heterocycles. The van der Waals surface area contributed by atoms with Crippen molar-refractivity contribution in [3.63, 3.8) is 0 Å². The monoisotopic (exact) mass is 518 g/mol. The zero-order valence-electron chi connectivity index (χ0n) is 21.6. The molecule has 2 aromatic carbocycles. The van der Waals surface area contributed by atoms with Gasteiger partial charge in [0.25, 0.3) is 0 Å². The third-order valence-corrected chi connectivity index (χ3v) is 7.22. The molecular weight excluding hydrogens is 486 g/mol. The maximum atomic E-state index is 13.8. The van der Waals surface area contributed by atoms with Crippen molar-refractivity contribution in [2.45, 2.75) is 44.8 Å². The minimum atomic E-state index is -0.898. The van der Waals surface area contributed by atoms with E-state index in [1.807, 2.05) is 24.6 Å². The van der Waals surface area contributed by atoms with Gasteiger partial charge in [0.05, 0.1) is 12.6 Å². The van der Waals surface area contributed by atoms with Gasteiger partial charge in [0, 0.05) is 43.9 Å². The summed E-state index contributed by atoms with van der Waals surface area (Å²) in [6, 6.07) is 16.2. The standard InChI is InChI=1S/C29H32F2N6O/c1-19(21-6-8-23(9-7-21)36-15-13-22(18-36)32-2)34-28(38)12-11-27-35-26-4-3-14-33-29(26)37(27)17-20-5-10-24(30)25(31)16-20/h3-10,14,16,19,22,32H,11-13,15,17-18H2,1-2H3,(H,34,38)/t19-,22?/m0/s1. The lowest BCUT2D eigenvalue weighted by atomic mass is 10.1. The number of pyridine rings is 1. The van der Waals surface area contributed by atoms with Crippen LogP contribution in [0.25, 0.3) is 11.2 Å². The lowest BCUT2D eigenvalue weighted by Gasteiger charge is -2.20. The molecule has 5 rings (SSSR count). The molecule has 1 aliphatic rings. The van der Waals surface area contributed by atoms with Crippen LogP contribution in [-0.4, -0.2) is 46.6 Å². The molecular formula is C29H32F2N6O.